The first-order valence-electron chi connectivity index (χ1n) is 4.60. The summed E-state index contributed by atoms with van der Waals surface area (Å²) in [5.74, 6) is 0.570. The predicted molar refractivity (Wildman–Crippen MR) is 94.2 cm³/mol. The van der Waals surface area contributed by atoms with E-state index in [1.54, 1.807) is 58.8 Å². The summed E-state index contributed by atoms with van der Waals surface area (Å²) in [5.41, 5.74) is 0. The lowest BCUT2D eigenvalue weighted by Gasteiger charge is -2.60. The van der Waals surface area contributed by atoms with Crippen molar-refractivity contribution < 1.29 is 0 Å². The molecule has 98 valence electrons. The molecule has 0 N–H and O–H groups in total. The van der Waals surface area contributed by atoms with Crippen molar-refractivity contribution in [3.8, 4) is 0 Å². The topological polar surface area (TPSA) is 0 Å². The highest BCUT2D eigenvalue weighted by molar-refractivity contribution is 8.65. The number of rotatable bonds is 3. The van der Waals surface area contributed by atoms with Crippen LogP contribution in [0.15, 0.2) is 0 Å². The van der Waals surface area contributed by atoms with Gasteiger partial charge in [-0.1, -0.05) is 82.0 Å². The van der Waals surface area contributed by atoms with Gasteiger partial charge in [0.05, 0.1) is 5.38 Å². The van der Waals surface area contributed by atoms with Gasteiger partial charge < -0.3 is 0 Å². The number of hydrogen-bond donors (Lipinski definition) is 0. The van der Waals surface area contributed by atoms with E-state index in [1.165, 1.54) is 0 Å². The third kappa shape index (κ3) is 2.80. The van der Waals surface area contributed by atoms with Crippen molar-refractivity contribution in [1.82, 2.24) is 0 Å². The molecule has 0 radical (unpaired) electrons. The Balaban J connectivity index is 1.92. The molecule has 0 saturated carbocycles. The average Bonchev–Trinajstić information content (AvgIpc) is 2.11. The molecule has 4 bridgehead atoms. The molecule has 17 heavy (non-hydrogen) atoms. The minimum Gasteiger partial charge on any atom is -0.127 e. The Morgan fingerprint density at radius 3 is 2.06 bits per heavy atom. The lowest BCUT2D eigenvalue weighted by Crippen LogP contribution is -2.49. The van der Waals surface area contributed by atoms with Gasteiger partial charge in [-0.2, -0.15) is 0 Å². The fourth-order valence-corrected chi connectivity index (χ4v) is 24.0. The molecule has 4 saturated heterocycles. The first kappa shape index (κ1) is 15.2. The minimum atomic E-state index is -0.395. The average molecular weight is 424 g/mol. The monoisotopic (exact) mass is 422 g/mol. The zero-order valence-electron chi connectivity index (χ0n) is 8.03. The quantitative estimate of drug-likeness (QED) is 0.484. The van der Waals surface area contributed by atoms with Crippen LogP contribution >= 0.6 is 117 Å². The summed E-state index contributed by atoms with van der Waals surface area (Å²) in [4.78, 5) is 0. The van der Waals surface area contributed by atoms with Crippen LogP contribution in [-0.4, -0.2) is 24.3 Å². The molecule has 0 aliphatic carbocycles. The van der Waals surface area contributed by atoms with E-state index in [1.807, 2.05) is 11.8 Å². The fraction of sp³-hybridized carbons (Fsp3) is 1.00. The summed E-state index contributed by atoms with van der Waals surface area (Å²) >= 11 is 36.1. The van der Waals surface area contributed by atoms with Crippen molar-refractivity contribution in [3.05, 3.63) is 0 Å². The van der Waals surface area contributed by atoms with Gasteiger partial charge in [0.1, 0.15) is 7.33 Å². The molecule has 3 atom stereocenters. The minimum absolute atomic E-state index is 0.0125. The molecular formula is C7H6Cl4S6. The Morgan fingerprint density at radius 2 is 1.59 bits per heavy atom. The Kier molecular flexibility index (Phi) is 4.61. The highest BCUT2D eigenvalue weighted by atomic mass is 35.5. The maximum atomic E-state index is 6.63. The van der Waals surface area contributed by atoms with Crippen molar-refractivity contribution in [2.24, 2.45) is 0 Å². The van der Waals surface area contributed by atoms with Crippen LogP contribution < -0.4 is 0 Å². The maximum absolute atomic E-state index is 6.63. The Morgan fingerprint density at radius 1 is 1.00 bits per heavy atom. The van der Waals surface area contributed by atoms with Gasteiger partial charge in [0.15, 0.2) is 5.74 Å². The summed E-state index contributed by atoms with van der Waals surface area (Å²) in [7, 11) is 0. The van der Waals surface area contributed by atoms with Gasteiger partial charge in [-0.25, -0.2) is 0 Å². The Hall–Kier alpha value is 3.26. The van der Waals surface area contributed by atoms with Gasteiger partial charge in [-0.3, -0.25) is 0 Å². The predicted octanol–water partition coefficient (Wildman–Crippen LogP) is 6.30. The van der Waals surface area contributed by atoms with Crippen LogP contribution in [-0.2, 0) is 0 Å². The molecule has 0 aromatic carbocycles. The van der Waals surface area contributed by atoms with E-state index in [4.69, 9.17) is 46.4 Å². The molecule has 10 heteroatoms. The van der Waals surface area contributed by atoms with Crippen LogP contribution in [0, 0.1) is 0 Å². The van der Waals surface area contributed by atoms with Crippen LogP contribution in [0.5, 0.6) is 0 Å². The fourth-order valence-electron chi connectivity index (χ4n) is 1.60. The Bertz CT molecular complexity index is 324. The molecule has 0 aromatic heterocycles. The van der Waals surface area contributed by atoms with E-state index in [9.17, 15) is 0 Å². The van der Waals surface area contributed by atoms with Crippen LogP contribution in [0.4, 0.5) is 0 Å². The summed E-state index contributed by atoms with van der Waals surface area (Å²) in [5, 5.41) is -0.0125. The lowest BCUT2D eigenvalue weighted by molar-refractivity contribution is 0.855. The number of thioether (sulfide) groups is 6. The molecule has 0 aromatic rings. The Labute approximate surface area is 146 Å². The molecule has 0 spiro atoms. The van der Waals surface area contributed by atoms with E-state index in [0.29, 0.717) is 9.79 Å². The van der Waals surface area contributed by atoms with Crippen LogP contribution in [0.3, 0.4) is 0 Å². The molecule has 4 fully saturated rings. The third-order valence-corrected chi connectivity index (χ3v) is 15.2. The maximum Gasteiger partial charge on any atom is 0.188 e. The summed E-state index contributed by atoms with van der Waals surface area (Å²) in [6, 6.07) is 0. The number of halogens is 4. The first-order valence-corrected chi connectivity index (χ1v) is 11.4. The van der Waals surface area contributed by atoms with Crippen molar-refractivity contribution in [2.75, 3.05) is 5.88 Å². The zero-order chi connectivity index (χ0) is 12.3. The van der Waals surface area contributed by atoms with Crippen LogP contribution in [0.25, 0.3) is 0 Å². The second kappa shape index (κ2) is 5.17. The van der Waals surface area contributed by atoms with Gasteiger partial charge in [0, 0.05) is 5.88 Å². The van der Waals surface area contributed by atoms with Gasteiger partial charge in [-0.05, 0) is 6.42 Å². The first-order chi connectivity index (χ1) is 7.89. The van der Waals surface area contributed by atoms with E-state index in [2.05, 4.69) is 0 Å². The smallest absolute Gasteiger partial charge is 0.127 e. The summed E-state index contributed by atoms with van der Waals surface area (Å²) in [6.45, 7) is 0. The lowest BCUT2D eigenvalue weighted by atomic mass is 10.4. The van der Waals surface area contributed by atoms with E-state index >= 15 is 0 Å². The number of alkyl halides is 4. The van der Waals surface area contributed by atoms with Gasteiger partial charge >= 0.3 is 0 Å². The largest absolute Gasteiger partial charge is 0.188 e. The van der Waals surface area contributed by atoms with Crippen molar-refractivity contribution in [1.29, 1.82) is 0 Å². The van der Waals surface area contributed by atoms with Crippen molar-refractivity contribution >= 4 is 117 Å². The SMILES string of the molecule is ClCCC(Cl)C12SC3SC(Cl)(SC(Cl)(S3)S1)S2. The van der Waals surface area contributed by atoms with Crippen LogP contribution in [0.1, 0.15) is 6.42 Å². The summed E-state index contributed by atoms with van der Waals surface area (Å²) < 4.78 is -0.585. The van der Waals surface area contributed by atoms with E-state index in [-0.39, 0.29) is 8.79 Å². The second-order valence-corrected chi connectivity index (χ2v) is 18.4. The second-order valence-electron chi connectivity index (χ2n) is 3.46. The van der Waals surface area contributed by atoms with Crippen molar-refractivity contribution in [3.63, 3.8) is 0 Å². The van der Waals surface area contributed by atoms with Crippen LogP contribution in [0.2, 0.25) is 0 Å². The van der Waals surface area contributed by atoms with E-state index < -0.39 is 5.74 Å². The molecule has 4 aliphatic rings. The molecular weight excluding hydrogens is 418 g/mol. The van der Waals surface area contributed by atoms with Gasteiger partial charge in [0.2, 0.25) is 0 Å². The van der Waals surface area contributed by atoms with Gasteiger partial charge in [0.25, 0.3) is 0 Å². The zero-order valence-corrected chi connectivity index (χ0v) is 16.0. The summed E-state index contributed by atoms with van der Waals surface area (Å²) in [6.07, 6.45) is 0.781. The third-order valence-electron chi connectivity index (χ3n) is 2.25. The number of hydrogen-bond acceptors (Lipinski definition) is 6. The molecule has 4 aliphatic heterocycles. The highest BCUT2D eigenvalue weighted by Crippen LogP contribution is 2.87. The van der Waals surface area contributed by atoms with Crippen molar-refractivity contribution in [2.45, 2.75) is 24.9 Å². The normalized spacial score (nSPS) is 54.0. The molecule has 0 amide bonds. The standard InChI is InChI=1S/C7H6Cl4S6/c8-2-1-3(9)5-12-4-13-6(10,15-5)17-7(11,14-4)16-5/h3-4H,1-2H2. The molecule has 3 unspecified atom stereocenters. The highest BCUT2D eigenvalue weighted by Gasteiger charge is 2.68. The van der Waals surface area contributed by atoms with E-state index in [0.717, 1.165) is 6.42 Å². The van der Waals surface area contributed by atoms with Gasteiger partial charge in [-0.15, -0.1) is 35.0 Å². The molecule has 4 rings (SSSR count). The molecule has 4 heterocycles. The molecule has 0 nitrogen and oxygen atoms in total.